The molecular formula is C68H46N16. The highest BCUT2D eigenvalue weighted by atomic mass is 15.1. The van der Waals surface area contributed by atoms with Gasteiger partial charge in [0, 0.05) is 61.3 Å². The van der Waals surface area contributed by atoms with Crippen molar-refractivity contribution in [3.63, 3.8) is 0 Å². The Morgan fingerprint density at radius 3 is 1.44 bits per heavy atom. The zero-order valence-electron chi connectivity index (χ0n) is 46.1. The average molecular weight is 1090 g/mol. The lowest BCUT2D eigenvalue weighted by atomic mass is 9.97. The third kappa shape index (κ3) is 9.06. The number of fused-ring (bicyclic) bond motifs is 6. The van der Waals surface area contributed by atoms with Crippen LogP contribution in [0.4, 0.5) is 0 Å². The van der Waals surface area contributed by atoms with Gasteiger partial charge in [0.15, 0.2) is 34.9 Å². The minimum atomic E-state index is 0.193. The predicted octanol–water partition coefficient (Wildman–Crippen LogP) is 13.5. The molecule has 14 aromatic rings. The van der Waals surface area contributed by atoms with Gasteiger partial charge in [-0.25, -0.2) is 59.8 Å². The maximum atomic E-state index is 10.9. The van der Waals surface area contributed by atoms with Gasteiger partial charge < -0.3 is 9.13 Å². The minimum absolute atomic E-state index is 0.193. The summed E-state index contributed by atoms with van der Waals surface area (Å²) in [6.45, 7) is 9.28. The molecule has 84 heavy (non-hydrogen) atoms. The molecule has 0 saturated heterocycles. The zero-order chi connectivity index (χ0) is 57.2. The maximum absolute atomic E-state index is 10.9. The SMILES string of the molecule is Cc1nc(C)nc(-c2ccc3c4ccccc4n(-c4cc(C#N)cc(Cc5nc(C)nc(-c6ccc7c(c6)c6ccccc6n7-c6cc(C#N)ccc6-c6nc(-c7ccccc7)nc(-c7ccccc7)n6)n5)c4-c4nc(C)nc(C)n4)c3c2)n1. The van der Waals surface area contributed by atoms with Crippen LogP contribution in [0.5, 0.6) is 0 Å². The van der Waals surface area contributed by atoms with Gasteiger partial charge >= 0.3 is 0 Å². The van der Waals surface area contributed by atoms with Crippen molar-refractivity contribution in [1.82, 2.24) is 68.9 Å². The molecule has 0 unspecified atom stereocenters. The van der Waals surface area contributed by atoms with E-state index in [4.69, 9.17) is 49.8 Å². The lowest BCUT2D eigenvalue weighted by Gasteiger charge is -2.18. The first-order chi connectivity index (χ1) is 41.0. The highest BCUT2D eigenvalue weighted by Gasteiger charge is 2.25. The van der Waals surface area contributed by atoms with Gasteiger partial charge in [0.25, 0.3) is 0 Å². The summed E-state index contributed by atoms with van der Waals surface area (Å²) in [4.78, 5) is 58.7. The Morgan fingerprint density at radius 2 is 0.810 bits per heavy atom. The molecule has 0 aliphatic carbocycles. The molecule has 0 aliphatic heterocycles. The van der Waals surface area contributed by atoms with Gasteiger partial charge in [-0.15, -0.1) is 0 Å². The average Bonchev–Trinajstić information content (AvgIpc) is 2.37. The molecule has 0 saturated carbocycles. The standard InChI is InChI=1S/C68H46N16/c1-38-71-39(2)75-65(74-38)48-25-28-52-50-20-12-14-22-55(50)84(59(52)34-48)60-32-44(37-70)30-49(62(60)68-77-40(3)72-41(4)78-68)35-61-73-42(5)76-66(79-61)47-26-29-57-54(33-47)51-21-13-15-23-56(51)83(57)58-31-43(36-69)24-27-53(58)67-81-63(45-16-8-6-9-17-45)80-64(82-67)46-18-10-7-11-19-46/h6-34H,35H2,1-5H3. The van der Waals surface area contributed by atoms with Crippen molar-refractivity contribution in [2.75, 3.05) is 0 Å². The molecule has 0 bridgehead atoms. The summed E-state index contributed by atoms with van der Waals surface area (Å²) in [7, 11) is 0. The van der Waals surface area contributed by atoms with Crippen LogP contribution in [-0.2, 0) is 6.42 Å². The van der Waals surface area contributed by atoms with Crippen LogP contribution in [0.25, 0.3) is 123 Å². The summed E-state index contributed by atoms with van der Waals surface area (Å²) >= 11 is 0. The second-order valence-corrected chi connectivity index (χ2v) is 20.5. The molecule has 398 valence electrons. The topological polar surface area (TPSA) is 212 Å². The van der Waals surface area contributed by atoms with Crippen LogP contribution in [0.2, 0.25) is 0 Å². The molecule has 14 rings (SSSR count). The van der Waals surface area contributed by atoms with E-state index in [9.17, 15) is 10.5 Å². The highest BCUT2D eigenvalue weighted by Crippen LogP contribution is 2.41. The van der Waals surface area contributed by atoms with E-state index in [0.29, 0.717) is 97.8 Å². The second kappa shape index (κ2) is 20.5. The van der Waals surface area contributed by atoms with Crippen molar-refractivity contribution in [3.05, 3.63) is 228 Å². The summed E-state index contributed by atoms with van der Waals surface area (Å²) in [5.74, 6) is 6.33. The number of para-hydroxylation sites is 2. The van der Waals surface area contributed by atoms with E-state index in [1.807, 2.05) is 156 Å². The summed E-state index contributed by atoms with van der Waals surface area (Å²) in [5, 5.41) is 25.2. The van der Waals surface area contributed by atoms with E-state index in [0.717, 1.165) is 77.1 Å². The van der Waals surface area contributed by atoms with Crippen LogP contribution in [0.3, 0.4) is 0 Å². The van der Waals surface area contributed by atoms with Crippen molar-refractivity contribution in [2.45, 2.75) is 41.0 Å². The fraction of sp³-hybridized carbons (Fsp3) is 0.0882. The molecule has 8 aromatic carbocycles. The quantitative estimate of drug-likeness (QED) is 0.125. The Labute approximate surface area is 481 Å². The number of rotatable bonds is 10. The minimum Gasteiger partial charge on any atom is -0.308 e. The van der Waals surface area contributed by atoms with E-state index >= 15 is 0 Å². The van der Waals surface area contributed by atoms with Crippen molar-refractivity contribution >= 4 is 43.6 Å². The van der Waals surface area contributed by atoms with E-state index in [1.54, 1.807) is 6.07 Å². The highest BCUT2D eigenvalue weighted by molar-refractivity contribution is 6.12. The van der Waals surface area contributed by atoms with Crippen LogP contribution in [0, 0.1) is 57.3 Å². The van der Waals surface area contributed by atoms with Crippen molar-refractivity contribution < 1.29 is 0 Å². The summed E-state index contributed by atoms with van der Waals surface area (Å²) in [6, 6.07) is 62.8. The molecule has 0 amide bonds. The first-order valence-corrected chi connectivity index (χ1v) is 27.2. The predicted molar refractivity (Wildman–Crippen MR) is 324 cm³/mol. The molecule has 0 fully saturated rings. The maximum Gasteiger partial charge on any atom is 0.166 e. The summed E-state index contributed by atoms with van der Waals surface area (Å²) < 4.78 is 4.34. The Hall–Kier alpha value is -11.6. The fourth-order valence-corrected chi connectivity index (χ4v) is 11.4. The van der Waals surface area contributed by atoms with E-state index < -0.39 is 0 Å². The zero-order valence-corrected chi connectivity index (χ0v) is 46.1. The number of hydrogen-bond donors (Lipinski definition) is 0. The Kier molecular flexibility index (Phi) is 12.3. The number of aromatic nitrogens is 14. The van der Waals surface area contributed by atoms with Crippen LogP contribution in [-0.4, -0.2) is 68.9 Å². The molecule has 16 heteroatoms. The number of benzene rings is 8. The lowest BCUT2D eigenvalue weighted by molar-refractivity contribution is 0.882. The molecule has 6 aromatic heterocycles. The smallest absolute Gasteiger partial charge is 0.166 e. The Balaban J connectivity index is 0.921. The monoisotopic (exact) mass is 1090 g/mol. The molecule has 16 nitrogen and oxygen atoms in total. The third-order valence-corrected chi connectivity index (χ3v) is 14.8. The molecular weight excluding hydrogens is 1040 g/mol. The van der Waals surface area contributed by atoms with Crippen LogP contribution in [0.15, 0.2) is 176 Å². The first kappa shape index (κ1) is 50.6. The van der Waals surface area contributed by atoms with Crippen LogP contribution < -0.4 is 0 Å². The molecule has 0 aliphatic rings. The molecule has 0 spiro atoms. The van der Waals surface area contributed by atoms with Gasteiger partial charge in [-0.2, -0.15) is 10.5 Å². The van der Waals surface area contributed by atoms with Crippen molar-refractivity contribution in [3.8, 4) is 91.8 Å². The van der Waals surface area contributed by atoms with Gasteiger partial charge in [0.1, 0.15) is 34.9 Å². The van der Waals surface area contributed by atoms with Gasteiger partial charge in [-0.3, -0.25) is 0 Å². The van der Waals surface area contributed by atoms with Crippen molar-refractivity contribution in [1.29, 1.82) is 10.5 Å². The molecule has 0 radical (unpaired) electrons. The third-order valence-electron chi connectivity index (χ3n) is 14.8. The van der Waals surface area contributed by atoms with E-state index in [-0.39, 0.29) is 6.42 Å². The van der Waals surface area contributed by atoms with Crippen LogP contribution >= 0.6 is 0 Å². The molecule has 0 atom stereocenters. The van der Waals surface area contributed by atoms with Crippen LogP contribution in [0.1, 0.15) is 51.6 Å². The normalized spacial score (nSPS) is 11.4. The van der Waals surface area contributed by atoms with Gasteiger partial charge in [-0.1, -0.05) is 109 Å². The van der Waals surface area contributed by atoms with Crippen molar-refractivity contribution in [2.24, 2.45) is 0 Å². The molecule has 0 N–H and O–H groups in total. The number of aryl methyl sites for hydroxylation is 5. The fourth-order valence-electron chi connectivity index (χ4n) is 11.4. The van der Waals surface area contributed by atoms with Gasteiger partial charge in [0.05, 0.1) is 56.7 Å². The lowest BCUT2D eigenvalue weighted by Crippen LogP contribution is -2.09. The van der Waals surface area contributed by atoms with Gasteiger partial charge in [-0.05, 0) is 107 Å². The summed E-state index contributed by atoms with van der Waals surface area (Å²) in [5.41, 5.74) is 11.3. The van der Waals surface area contributed by atoms with E-state index in [1.165, 1.54) is 0 Å². The Morgan fingerprint density at radius 1 is 0.333 bits per heavy atom. The Bertz CT molecular complexity index is 4990. The van der Waals surface area contributed by atoms with E-state index in [2.05, 4.69) is 79.8 Å². The first-order valence-electron chi connectivity index (χ1n) is 27.2. The summed E-state index contributed by atoms with van der Waals surface area (Å²) in [6.07, 6.45) is 0.193. The number of nitrogens with zero attached hydrogens (tertiary/aromatic N) is 16. The largest absolute Gasteiger partial charge is 0.308 e. The molecule has 6 heterocycles. The number of hydrogen-bond acceptors (Lipinski definition) is 14. The second-order valence-electron chi connectivity index (χ2n) is 20.5. The van der Waals surface area contributed by atoms with Gasteiger partial charge in [0.2, 0.25) is 0 Å². The number of nitriles is 2.